The monoisotopic (exact) mass is 313 g/mol. The summed E-state index contributed by atoms with van der Waals surface area (Å²) in [6.07, 6.45) is 4.75. The lowest BCUT2D eigenvalue weighted by Crippen LogP contribution is -2.36. The van der Waals surface area contributed by atoms with Gasteiger partial charge in [-0.25, -0.2) is 4.39 Å². The first-order valence-corrected chi connectivity index (χ1v) is 7.42. The van der Waals surface area contributed by atoms with Crippen LogP contribution >= 0.6 is 15.9 Å². The lowest BCUT2D eigenvalue weighted by molar-refractivity contribution is 0.111. The maximum Gasteiger partial charge on any atom is 0.142 e. The predicted octanol–water partition coefficient (Wildman–Crippen LogP) is 4.80. The lowest BCUT2D eigenvalue weighted by Gasteiger charge is -2.42. The third kappa shape index (κ3) is 2.62. The molecule has 0 aromatic heterocycles. The van der Waals surface area contributed by atoms with E-state index in [4.69, 9.17) is 5.73 Å². The molecule has 0 radical (unpaired) electrons. The first-order chi connectivity index (χ1) is 8.43. The van der Waals surface area contributed by atoms with Crippen LogP contribution in [0.3, 0.4) is 0 Å². The lowest BCUT2D eigenvalue weighted by atomic mass is 9.65. The second kappa shape index (κ2) is 5.30. The third-order valence-corrected chi connectivity index (χ3v) is 4.98. The van der Waals surface area contributed by atoms with Gasteiger partial charge in [-0.3, -0.25) is 0 Å². The Morgan fingerprint density at radius 1 is 1.39 bits per heavy atom. The van der Waals surface area contributed by atoms with Crippen LogP contribution in [0.25, 0.3) is 0 Å². The molecule has 1 aliphatic rings. The summed E-state index contributed by atoms with van der Waals surface area (Å²) >= 11 is 3.24. The average molecular weight is 314 g/mol. The van der Waals surface area contributed by atoms with Crippen LogP contribution in [-0.2, 0) is 0 Å². The number of hydrogen-bond donors (Lipinski definition) is 1. The van der Waals surface area contributed by atoms with Gasteiger partial charge >= 0.3 is 0 Å². The van der Waals surface area contributed by atoms with E-state index in [1.54, 1.807) is 6.07 Å². The summed E-state index contributed by atoms with van der Waals surface area (Å²) in [5.41, 5.74) is 7.20. The maximum absolute atomic E-state index is 14.1. The Labute approximate surface area is 117 Å². The topological polar surface area (TPSA) is 26.0 Å². The van der Waals surface area contributed by atoms with Crippen molar-refractivity contribution < 1.29 is 4.39 Å². The minimum atomic E-state index is -0.210. The van der Waals surface area contributed by atoms with Crippen molar-refractivity contribution in [2.24, 2.45) is 17.1 Å². The van der Waals surface area contributed by atoms with Crippen LogP contribution in [0, 0.1) is 17.2 Å². The average Bonchev–Trinajstić information content (AvgIpc) is 2.31. The molecule has 1 nitrogen and oxygen atoms in total. The molecule has 0 bridgehead atoms. The van der Waals surface area contributed by atoms with Crippen LogP contribution in [0.2, 0.25) is 0 Å². The fraction of sp³-hybridized carbons (Fsp3) is 0.600. The van der Waals surface area contributed by atoms with Gasteiger partial charge in [0.25, 0.3) is 0 Å². The minimum Gasteiger partial charge on any atom is -0.324 e. The van der Waals surface area contributed by atoms with E-state index >= 15 is 0 Å². The Morgan fingerprint density at radius 2 is 2.11 bits per heavy atom. The van der Waals surface area contributed by atoms with Crippen molar-refractivity contribution in [3.05, 3.63) is 34.1 Å². The second-order valence-electron chi connectivity index (χ2n) is 6.01. The molecule has 0 amide bonds. The normalized spacial score (nSPS) is 24.8. The van der Waals surface area contributed by atoms with Crippen LogP contribution < -0.4 is 5.73 Å². The van der Waals surface area contributed by atoms with Gasteiger partial charge in [0.15, 0.2) is 0 Å². The Morgan fingerprint density at radius 3 is 2.78 bits per heavy atom. The number of benzene rings is 1. The highest BCUT2D eigenvalue weighted by Gasteiger charge is 2.37. The summed E-state index contributed by atoms with van der Waals surface area (Å²) in [6, 6.07) is 5.18. The Bertz CT molecular complexity index is 431. The van der Waals surface area contributed by atoms with Crippen molar-refractivity contribution in [3.8, 4) is 0 Å². The molecule has 2 rings (SSSR count). The van der Waals surface area contributed by atoms with E-state index in [1.807, 2.05) is 12.1 Å². The van der Waals surface area contributed by atoms with E-state index in [-0.39, 0.29) is 17.3 Å². The number of halogens is 2. The molecule has 1 aromatic carbocycles. The molecule has 1 aromatic rings. The van der Waals surface area contributed by atoms with Gasteiger partial charge in [-0.1, -0.05) is 38.8 Å². The third-order valence-electron chi connectivity index (χ3n) is 4.36. The van der Waals surface area contributed by atoms with Gasteiger partial charge in [0.2, 0.25) is 0 Å². The zero-order chi connectivity index (χ0) is 13.3. The molecule has 2 N–H and O–H groups in total. The summed E-state index contributed by atoms with van der Waals surface area (Å²) in [6.45, 7) is 4.51. The largest absolute Gasteiger partial charge is 0.324 e. The van der Waals surface area contributed by atoms with Gasteiger partial charge in [-0.2, -0.15) is 0 Å². The molecule has 1 aliphatic carbocycles. The van der Waals surface area contributed by atoms with E-state index in [2.05, 4.69) is 29.8 Å². The summed E-state index contributed by atoms with van der Waals surface area (Å²) in [5.74, 6) is 0.154. The van der Waals surface area contributed by atoms with Gasteiger partial charge in [0.05, 0.1) is 4.47 Å². The molecule has 0 heterocycles. The molecular formula is C15H21BrFN. The molecule has 0 saturated heterocycles. The standard InChI is InChI=1S/C15H21BrFN/c1-15(2)9-4-3-7-11(15)14(18)10-6-5-8-12(16)13(10)17/h5-6,8,11,14H,3-4,7,9,18H2,1-2H3. The van der Waals surface area contributed by atoms with Gasteiger partial charge in [0, 0.05) is 11.6 Å². The Hall–Kier alpha value is -0.410. The van der Waals surface area contributed by atoms with E-state index in [0.29, 0.717) is 16.0 Å². The molecule has 3 heteroatoms. The highest BCUT2D eigenvalue weighted by atomic mass is 79.9. The van der Waals surface area contributed by atoms with Crippen molar-refractivity contribution in [1.29, 1.82) is 0 Å². The molecule has 0 spiro atoms. The molecule has 1 fully saturated rings. The Balaban J connectivity index is 2.30. The first-order valence-electron chi connectivity index (χ1n) is 6.63. The molecule has 100 valence electrons. The molecule has 2 atom stereocenters. The zero-order valence-electron chi connectivity index (χ0n) is 11.0. The first kappa shape index (κ1) is 14.0. The zero-order valence-corrected chi connectivity index (χ0v) is 12.6. The predicted molar refractivity (Wildman–Crippen MR) is 76.8 cm³/mol. The maximum atomic E-state index is 14.1. The fourth-order valence-corrected chi connectivity index (χ4v) is 3.56. The quantitative estimate of drug-likeness (QED) is 0.833. The second-order valence-corrected chi connectivity index (χ2v) is 6.86. The molecular weight excluding hydrogens is 293 g/mol. The highest BCUT2D eigenvalue weighted by molar-refractivity contribution is 9.10. The fourth-order valence-electron chi connectivity index (χ4n) is 3.18. The van der Waals surface area contributed by atoms with E-state index < -0.39 is 0 Å². The number of rotatable bonds is 2. The number of nitrogens with two attached hydrogens (primary N) is 1. The summed E-state index contributed by atoms with van der Waals surface area (Å²) in [7, 11) is 0. The van der Waals surface area contributed by atoms with Crippen molar-refractivity contribution in [2.75, 3.05) is 0 Å². The van der Waals surface area contributed by atoms with Crippen LogP contribution in [0.5, 0.6) is 0 Å². The summed E-state index contributed by atoms with van der Waals surface area (Å²) in [4.78, 5) is 0. The van der Waals surface area contributed by atoms with Crippen LogP contribution in [0.4, 0.5) is 4.39 Å². The molecule has 0 aliphatic heterocycles. The molecule has 1 saturated carbocycles. The molecule has 2 unspecified atom stereocenters. The smallest absolute Gasteiger partial charge is 0.142 e. The van der Waals surface area contributed by atoms with Crippen LogP contribution in [0.1, 0.15) is 51.1 Å². The van der Waals surface area contributed by atoms with Gasteiger partial charge in [0.1, 0.15) is 5.82 Å². The SMILES string of the molecule is CC1(C)CCCCC1C(N)c1cccc(Br)c1F. The van der Waals surface area contributed by atoms with E-state index in [9.17, 15) is 4.39 Å². The Kier molecular flexibility index (Phi) is 4.12. The van der Waals surface area contributed by atoms with Gasteiger partial charge < -0.3 is 5.73 Å². The van der Waals surface area contributed by atoms with Crippen LogP contribution in [0.15, 0.2) is 22.7 Å². The van der Waals surface area contributed by atoms with Crippen LogP contribution in [-0.4, -0.2) is 0 Å². The molecule has 18 heavy (non-hydrogen) atoms. The minimum absolute atomic E-state index is 0.201. The van der Waals surface area contributed by atoms with Crippen molar-refractivity contribution >= 4 is 15.9 Å². The van der Waals surface area contributed by atoms with Crippen molar-refractivity contribution in [2.45, 2.75) is 45.6 Å². The highest BCUT2D eigenvalue weighted by Crippen LogP contribution is 2.46. The number of hydrogen-bond acceptors (Lipinski definition) is 1. The van der Waals surface area contributed by atoms with Crippen molar-refractivity contribution in [1.82, 2.24) is 0 Å². The van der Waals surface area contributed by atoms with E-state index in [1.165, 1.54) is 19.3 Å². The van der Waals surface area contributed by atoms with Gasteiger partial charge in [-0.15, -0.1) is 0 Å². The van der Waals surface area contributed by atoms with E-state index in [0.717, 1.165) is 6.42 Å². The summed E-state index contributed by atoms with van der Waals surface area (Å²) in [5, 5.41) is 0. The summed E-state index contributed by atoms with van der Waals surface area (Å²) < 4.78 is 14.6. The van der Waals surface area contributed by atoms with Crippen molar-refractivity contribution in [3.63, 3.8) is 0 Å². The van der Waals surface area contributed by atoms with Gasteiger partial charge in [-0.05, 0) is 46.2 Å².